The molecule has 0 aromatic heterocycles. The summed E-state index contributed by atoms with van der Waals surface area (Å²) < 4.78 is 7.51. The highest BCUT2D eigenvalue weighted by Gasteiger charge is 2.97. The zero-order chi connectivity index (χ0) is 25.8. The van der Waals surface area contributed by atoms with Gasteiger partial charge in [-0.3, -0.25) is 4.90 Å². The molecule has 8 aliphatic rings. The van der Waals surface area contributed by atoms with E-state index in [0.29, 0.717) is 34.6 Å². The summed E-state index contributed by atoms with van der Waals surface area (Å²) in [6.45, 7) is 13.8. The van der Waals surface area contributed by atoms with Crippen molar-refractivity contribution >= 4 is 0 Å². The fourth-order valence-corrected chi connectivity index (χ4v) is 12.9. The molecule has 3 heterocycles. The lowest BCUT2D eigenvalue weighted by atomic mass is 9.55. The minimum atomic E-state index is -0.219. The van der Waals surface area contributed by atoms with Gasteiger partial charge in [0.15, 0.2) is 0 Å². The van der Waals surface area contributed by atoms with Crippen LogP contribution in [0.1, 0.15) is 85.5 Å². The number of ether oxygens (including phenoxy) is 1. The summed E-state index contributed by atoms with van der Waals surface area (Å²) in [6, 6.07) is 0.580. The summed E-state index contributed by atoms with van der Waals surface area (Å²) in [5, 5.41) is 14.8. The quantitative estimate of drug-likeness (QED) is 0.441. The van der Waals surface area contributed by atoms with E-state index in [1.165, 1.54) is 58.0 Å². The van der Waals surface area contributed by atoms with Crippen LogP contribution in [0.5, 0.6) is 0 Å². The molecule has 5 aliphatic carbocycles. The summed E-state index contributed by atoms with van der Waals surface area (Å²) in [6.07, 6.45) is 13.6. The van der Waals surface area contributed by atoms with Crippen LogP contribution in [0.2, 0.25) is 0 Å². The zero-order valence-electron chi connectivity index (χ0n) is 24.3. The van der Waals surface area contributed by atoms with Crippen LogP contribution >= 0.6 is 0 Å². The Balaban J connectivity index is 1.14. The average Bonchev–Trinajstić information content (AvgIpc) is 3.61. The van der Waals surface area contributed by atoms with E-state index in [1.54, 1.807) is 5.57 Å². The van der Waals surface area contributed by atoms with E-state index in [2.05, 4.69) is 63.0 Å². The molecule has 4 spiro atoms. The number of aliphatic hydroxyl groups is 1. The summed E-state index contributed by atoms with van der Waals surface area (Å²) in [5.41, 5.74) is 3.28. The number of aliphatic hydroxyl groups excluding tert-OH is 1. The molecular formula is C32H51N3O2. The first-order valence-electron chi connectivity index (χ1n) is 15.7. The molecule has 4 saturated carbocycles. The second-order valence-corrected chi connectivity index (χ2v) is 16.0. The molecule has 5 nitrogen and oxygen atoms in total. The van der Waals surface area contributed by atoms with Gasteiger partial charge in [0.2, 0.25) is 0 Å². The largest absolute Gasteiger partial charge is 0.389 e. The monoisotopic (exact) mass is 509 g/mol. The van der Waals surface area contributed by atoms with Crippen molar-refractivity contribution < 1.29 is 9.84 Å². The summed E-state index contributed by atoms with van der Waals surface area (Å²) >= 11 is 0. The highest BCUT2D eigenvalue weighted by molar-refractivity contribution is 5.53. The van der Waals surface area contributed by atoms with Gasteiger partial charge in [-0.05, 0) is 94.5 Å². The summed E-state index contributed by atoms with van der Waals surface area (Å²) in [5.74, 6) is 2.04. The number of nitrogens with zero attached hydrogens (tertiary/aromatic N) is 2. The van der Waals surface area contributed by atoms with Gasteiger partial charge in [0, 0.05) is 48.1 Å². The molecule has 4 unspecified atom stereocenters. The van der Waals surface area contributed by atoms with Crippen LogP contribution < -0.4 is 5.32 Å². The first-order valence-corrected chi connectivity index (χ1v) is 15.7. The fourth-order valence-electron chi connectivity index (χ4n) is 12.9. The second-order valence-electron chi connectivity index (χ2n) is 16.0. The van der Waals surface area contributed by atoms with Crippen molar-refractivity contribution in [2.24, 2.45) is 34.0 Å². The molecule has 0 aromatic rings. The predicted molar refractivity (Wildman–Crippen MR) is 146 cm³/mol. The highest BCUT2D eigenvalue weighted by Crippen LogP contribution is 2.92. The Hall–Kier alpha value is -0.460. The highest BCUT2D eigenvalue weighted by atomic mass is 16.5. The van der Waals surface area contributed by atoms with Crippen LogP contribution in [-0.4, -0.2) is 83.6 Å². The Labute approximate surface area is 224 Å². The van der Waals surface area contributed by atoms with Gasteiger partial charge in [-0.25, -0.2) is 0 Å². The van der Waals surface area contributed by atoms with Crippen molar-refractivity contribution in [2.45, 2.75) is 120 Å². The lowest BCUT2D eigenvalue weighted by Crippen LogP contribution is -2.56. The number of fused-ring (bicyclic) bond motifs is 4. The van der Waals surface area contributed by atoms with Crippen molar-refractivity contribution in [3.05, 3.63) is 11.6 Å². The van der Waals surface area contributed by atoms with Crippen molar-refractivity contribution in [1.29, 1.82) is 0 Å². The summed E-state index contributed by atoms with van der Waals surface area (Å²) in [4.78, 5) is 5.18. The van der Waals surface area contributed by atoms with Crippen molar-refractivity contribution in [3.63, 3.8) is 0 Å². The Morgan fingerprint density at radius 1 is 1.16 bits per heavy atom. The Bertz CT molecular complexity index is 1060. The van der Waals surface area contributed by atoms with E-state index >= 15 is 0 Å². The molecule has 3 saturated heterocycles. The molecule has 0 amide bonds. The molecule has 0 radical (unpaired) electrons. The van der Waals surface area contributed by atoms with Crippen LogP contribution in [0.3, 0.4) is 0 Å². The maximum absolute atomic E-state index is 10.4. The number of allylic oxidation sites excluding steroid dienone is 1. The first-order chi connectivity index (χ1) is 17.5. The Morgan fingerprint density at radius 3 is 2.76 bits per heavy atom. The van der Waals surface area contributed by atoms with E-state index in [9.17, 15) is 5.11 Å². The lowest BCUT2D eigenvalue weighted by Gasteiger charge is -2.50. The molecule has 0 aromatic carbocycles. The van der Waals surface area contributed by atoms with E-state index in [4.69, 9.17) is 4.74 Å². The van der Waals surface area contributed by atoms with Gasteiger partial charge in [-0.1, -0.05) is 39.3 Å². The van der Waals surface area contributed by atoms with Gasteiger partial charge in [0.05, 0.1) is 17.8 Å². The smallest absolute Gasteiger partial charge is 0.0788 e. The molecule has 3 aliphatic heterocycles. The van der Waals surface area contributed by atoms with E-state index in [0.717, 1.165) is 31.2 Å². The van der Waals surface area contributed by atoms with Crippen molar-refractivity contribution in [1.82, 2.24) is 15.1 Å². The lowest BCUT2D eigenvalue weighted by molar-refractivity contribution is -0.145. The first kappa shape index (κ1) is 24.3. The number of hydrogen-bond donors (Lipinski definition) is 2. The van der Waals surface area contributed by atoms with Gasteiger partial charge < -0.3 is 20.1 Å². The third kappa shape index (κ3) is 2.54. The van der Waals surface area contributed by atoms with Crippen LogP contribution in [0.4, 0.5) is 0 Å². The maximum Gasteiger partial charge on any atom is 0.0788 e. The molecule has 2 N–H and O–H groups in total. The minimum Gasteiger partial charge on any atom is -0.389 e. The number of rotatable bonds is 3. The molecule has 7 fully saturated rings. The number of nitrogens with one attached hydrogen (secondary N) is 1. The molecule has 37 heavy (non-hydrogen) atoms. The number of piperidine rings is 2. The molecule has 5 heteroatoms. The third-order valence-electron chi connectivity index (χ3n) is 14.6. The number of likely N-dealkylation sites (N-methyl/N-ethyl adjacent to an activating group) is 1. The topological polar surface area (TPSA) is 57.9 Å². The maximum atomic E-state index is 10.4. The van der Waals surface area contributed by atoms with Crippen LogP contribution in [0, 0.1) is 34.0 Å². The van der Waals surface area contributed by atoms with Crippen LogP contribution in [0.25, 0.3) is 0 Å². The van der Waals surface area contributed by atoms with Gasteiger partial charge in [-0.2, -0.15) is 0 Å². The molecular weight excluding hydrogens is 458 g/mol. The second kappa shape index (κ2) is 7.05. The summed E-state index contributed by atoms with van der Waals surface area (Å²) in [7, 11) is 4.42. The number of hydrogen-bond acceptors (Lipinski definition) is 5. The SMILES string of the molecule is C[C@H]1C[C@H]2O[C@]3(CCC45NC46CCC4=C[C@@H](O)CC[C@]4(C)[C@H]6CC54CC43C)[C@H](C)[C@@H]2N(CCN(C)C)C1. The van der Waals surface area contributed by atoms with E-state index in [1.807, 2.05) is 0 Å². The van der Waals surface area contributed by atoms with E-state index in [-0.39, 0.29) is 22.5 Å². The van der Waals surface area contributed by atoms with Gasteiger partial charge in [0.1, 0.15) is 0 Å². The number of likely N-dealkylation sites (tertiary alicyclic amines) is 1. The third-order valence-corrected chi connectivity index (χ3v) is 14.6. The van der Waals surface area contributed by atoms with E-state index < -0.39 is 0 Å². The minimum absolute atomic E-state index is 0.0370. The predicted octanol–water partition coefficient (Wildman–Crippen LogP) is 4.20. The zero-order valence-corrected chi connectivity index (χ0v) is 24.3. The van der Waals surface area contributed by atoms with Crippen molar-refractivity contribution in [3.8, 4) is 0 Å². The molecule has 12 atom stereocenters. The van der Waals surface area contributed by atoms with Crippen LogP contribution in [0.15, 0.2) is 11.6 Å². The fraction of sp³-hybridized carbons (Fsp3) is 0.938. The molecule has 8 rings (SSSR count). The van der Waals surface area contributed by atoms with Gasteiger partial charge >= 0.3 is 0 Å². The average molecular weight is 510 g/mol. The van der Waals surface area contributed by atoms with Gasteiger partial charge in [0.25, 0.3) is 0 Å². The van der Waals surface area contributed by atoms with Crippen LogP contribution in [-0.2, 0) is 4.74 Å². The standard InChI is InChI=1S/C32H51N3O2/c1-20-15-24-26(35(18-20)14-13-34(5)6)21(2)31(37-24)11-12-32-29(19-28(29,31)4)17-25-27(3)9-8-23(36)16-22(27)7-10-30(25,32)33-32/h16,20-21,23-26,33,36H,7-15,17-19H2,1-6H3/t20-,21+,23-,24+,25+,26-,27-,28?,29?,30?,31+,32?/m0/s1. The normalized spacial score (nSPS) is 61.2. The van der Waals surface area contributed by atoms with Gasteiger partial charge in [-0.15, -0.1) is 0 Å². The Kier molecular flexibility index (Phi) is 4.64. The molecule has 0 bridgehead atoms. The van der Waals surface area contributed by atoms with Crippen molar-refractivity contribution in [2.75, 3.05) is 33.7 Å². The Morgan fingerprint density at radius 2 is 1.97 bits per heavy atom. The molecule has 206 valence electrons.